The molecule has 11 unspecified atom stereocenters. The Morgan fingerprint density at radius 2 is 1.57 bits per heavy atom. The summed E-state index contributed by atoms with van der Waals surface area (Å²) in [5, 5.41) is 58.3. The number of carbonyl (C=O) groups is 4. The number of unbranched alkanes of at least 4 members (excludes halogenated alkanes) is 1. The van der Waals surface area contributed by atoms with Gasteiger partial charge in [0.2, 0.25) is 5.79 Å². The average Bonchev–Trinajstić information content (AvgIpc) is 3.16. The molecule has 0 aromatic rings. The molecule has 6 bridgehead atoms. The molecule has 3 saturated heterocycles. The number of cyclic esters (lactones) is 1. The molecule has 61 heavy (non-hydrogen) atoms. The Hall–Kier alpha value is -3.74. The maximum absolute atomic E-state index is 13.4. The lowest BCUT2D eigenvalue weighted by Crippen LogP contribution is -2.62. The standard InChI is InChI=1S/C45H66O16/c1-9-10-11-12-13-14-37(49)59-41-29(21-39(51)56-8)20-32-24-35(27(2)46)58-40(52)23-30(47)22-33-25-36(48)43(5,6)44(53,60-33)26-34-18-28(19-38(50)55-7)17-31(57-34)15-16-42(3,4)45(41,54)61-32/h11-16,19,21,27,30-36,41,46-48,53-54H,9-10,17-18,20,22-26H2,1-8H3. The molecule has 11 atom stereocenters. The zero-order valence-electron chi connectivity index (χ0n) is 36.6. The van der Waals surface area contributed by atoms with E-state index in [2.05, 4.69) is 0 Å². The number of esters is 4. The van der Waals surface area contributed by atoms with Gasteiger partial charge in [0.1, 0.15) is 6.10 Å². The second kappa shape index (κ2) is 21.1. The smallest absolute Gasteiger partial charge is 0.331 e. The summed E-state index contributed by atoms with van der Waals surface area (Å²) in [6.07, 6.45) is 2.75. The van der Waals surface area contributed by atoms with Gasteiger partial charge in [-0.05, 0) is 38.2 Å². The van der Waals surface area contributed by atoms with Gasteiger partial charge in [0.05, 0.1) is 63.4 Å². The fourth-order valence-corrected chi connectivity index (χ4v) is 8.20. The van der Waals surface area contributed by atoms with Crippen molar-refractivity contribution in [1.29, 1.82) is 0 Å². The molecular weight excluding hydrogens is 796 g/mol. The van der Waals surface area contributed by atoms with Crippen LogP contribution in [-0.4, -0.2) is 130 Å². The van der Waals surface area contributed by atoms with Gasteiger partial charge in [-0.25, -0.2) is 14.4 Å². The molecule has 4 rings (SSSR count). The molecule has 16 heteroatoms. The highest BCUT2D eigenvalue weighted by Crippen LogP contribution is 2.49. The molecule has 342 valence electrons. The summed E-state index contributed by atoms with van der Waals surface area (Å²) in [5.74, 6) is -7.61. The Morgan fingerprint density at radius 3 is 2.23 bits per heavy atom. The van der Waals surface area contributed by atoms with E-state index in [4.69, 9.17) is 33.2 Å². The van der Waals surface area contributed by atoms with Crippen molar-refractivity contribution in [1.82, 2.24) is 0 Å². The van der Waals surface area contributed by atoms with E-state index < -0.39 is 108 Å². The van der Waals surface area contributed by atoms with Crippen LogP contribution in [-0.2, 0) is 52.3 Å². The summed E-state index contributed by atoms with van der Waals surface area (Å²) >= 11 is 0. The molecule has 3 fully saturated rings. The first-order valence-corrected chi connectivity index (χ1v) is 21.0. The first kappa shape index (κ1) is 49.9. The van der Waals surface area contributed by atoms with Gasteiger partial charge in [-0.15, -0.1) is 0 Å². The van der Waals surface area contributed by atoms with Crippen LogP contribution in [0.5, 0.6) is 0 Å². The summed E-state index contributed by atoms with van der Waals surface area (Å²) in [7, 11) is 2.41. The van der Waals surface area contributed by atoms with Gasteiger partial charge in [-0.2, -0.15) is 0 Å². The number of methoxy groups -OCH3 is 2. The van der Waals surface area contributed by atoms with Crippen LogP contribution in [0, 0.1) is 10.8 Å². The molecule has 4 aliphatic rings. The molecule has 4 heterocycles. The Kier molecular flexibility index (Phi) is 17.3. The first-order chi connectivity index (χ1) is 28.6. The van der Waals surface area contributed by atoms with Crippen LogP contribution in [0.2, 0.25) is 0 Å². The highest BCUT2D eigenvalue weighted by molar-refractivity contribution is 5.84. The van der Waals surface area contributed by atoms with Crippen LogP contribution < -0.4 is 0 Å². The number of hydrogen-bond donors (Lipinski definition) is 5. The number of aliphatic hydroxyl groups excluding tert-OH is 3. The Balaban J connectivity index is 1.87. The van der Waals surface area contributed by atoms with Gasteiger partial charge in [-0.1, -0.05) is 77.0 Å². The molecule has 0 aliphatic carbocycles. The van der Waals surface area contributed by atoms with Crippen molar-refractivity contribution in [3.05, 3.63) is 59.8 Å². The summed E-state index contributed by atoms with van der Waals surface area (Å²) in [4.78, 5) is 52.0. The van der Waals surface area contributed by atoms with E-state index in [9.17, 15) is 44.7 Å². The van der Waals surface area contributed by atoms with Crippen LogP contribution in [0.1, 0.15) is 106 Å². The zero-order valence-corrected chi connectivity index (χ0v) is 36.6. The Bertz CT molecular complexity index is 1710. The van der Waals surface area contributed by atoms with Crippen molar-refractivity contribution in [3.8, 4) is 0 Å². The maximum atomic E-state index is 13.4. The highest BCUT2D eigenvalue weighted by atomic mass is 16.7. The number of rotatable bonds is 8. The van der Waals surface area contributed by atoms with E-state index >= 15 is 0 Å². The predicted octanol–water partition coefficient (Wildman–Crippen LogP) is 3.71. The minimum absolute atomic E-state index is 0.0448. The van der Waals surface area contributed by atoms with Crippen LogP contribution >= 0.6 is 0 Å². The van der Waals surface area contributed by atoms with E-state index in [1.165, 1.54) is 39.4 Å². The normalized spacial score (nSPS) is 36.6. The van der Waals surface area contributed by atoms with Crippen molar-refractivity contribution in [3.63, 3.8) is 0 Å². The van der Waals surface area contributed by atoms with Crippen LogP contribution in [0.25, 0.3) is 0 Å². The summed E-state index contributed by atoms with van der Waals surface area (Å²) in [5.41, 5.74) is -2.00. The predicted molar refractivity (Wildman–Crippen MR) is 219 cm³/mol. The molecule has 4 aliphatic heterocycles. The summed E-state index contributed by atoms with van der Waals surface area (Å²) in [6, 6.07) is 0. The lowest BCUT2D eigenvalue weighted by atomic mass is 9.70. The SMILES string of the molecule is CCCC=CC=CC(=O)OC1C(=CC(=O)OC)CC2CC(C(C)O)OC(=O)CC(O)CC3CC(O)C(C)(C)C(O)(CC4CC(=CC(=O)OC)CC(C=CC(C)(C)C1(O)O2)O4)O3. The number of fused-ring (bicyclic) bond motifs is 6. The fourth-order valence-electron chi connectivity index (χ4n) is 8.20. The highest BCUT2D eigenvalue weighted by Gasteiger charge is 2.59. The molecule has 0 radical (unpaired) electrons. The third kappa shape index (κ3) is 12.7. The minimum atomic E-state index is -2.45. The third-order valence-corrected chi connectivity index (χ3v) is 12.1. The van der Waals surface area contributed by atoms with E-state index in [0.717, 1.165) is 18.9 Å². The molecule has 0 aromatic heterocycles. The number of allylic oxidation sites excluding steroid dienone is 3. The quantitative estimate of drug-likeness (QED) is 0.0770. The summed E-state index contributed by atoms with van der Waals surface area (Å²) < 4.78 is 40.7. The molecule has 5 N–H and O–H groups in total. The zero-order chi connectivity index (χ0) is 45.3. The van der Waals surface area contributed by atoms with E-state index in [-0.39, 0.29) is 50.5 Å². The van der Waals surface area contributed by atoms with Gasteiger partial charge in [0.25, 0.3) is 0 Å². The Morgan fingerprint density at radius 1 is 0.885 bits per heavy atom. The maximum Gasteiger partial charge on any atom is 0.331 e. The molecule has 0 amide bonds. The topological polar surface area (TPSA) is 234 Å². The van der Waals surface area contributed by atoms with Crippen molar-refractivity contribution >= 4 is 23.9 Å². The monoisotopic (exact) mass is 862 g/mol. The van der Waals surface area contributed by atoms with Crippen molar-refractivity contribution in [2.75, 3.05) is 14.2 Å². The second-order valence-corrected chi connectivity index (χ2v) is 17.7. The second-order valence-electron chi connectivity index (χ2n) is 17.7. The minimum Gasteiger partial charge on any atom is -0.466 e. The lowest BCUT2D eigenvalue weighted by molar-refractivity contribution is -0.348. The first-order valence-electron chi connectivity index (χ1n) is 21.0. The van der Waals surface area contributed by atoms with E-state index in [0.29, 0.717) is 5.57 Å². The van der Waals surface area contributed by atoms with E-state index in [1.54, 1.807) is 45.9 Å². The summed E-state index contributed by atoms with van der Waals surface area (Å²) in [6.45, 7) is 9.92. The van der Waals surface area contributed by atoms with Crippen molar-refractivity contribution in [2.24, 2.45) is 10.8 Å². The van der Waals surface area contributed by atoms with Crippen LogP contribution in [0.15, 0.2) is 59.8 Å². The van der Waals surface area contributed by atoms with Gasteiger partial charge in [0, 0.05) is 54.7 Å². The number of ether oxygens (including phenoxy) is 7. The van der Waals surface area contributed by atoms with E-state index in [1.807, 2.05) is 13.0 Å². The molecule has 0 spiro atoms. The van der Waals surface area contributed by atoms with Crippen molar-refractivity contribution in [2.45, 2.75) is 172 Å². The largest absolute Gasteiger partial charge is 0.466 e. The number of hydrogen-bond acceptors (Lipinski definition) is 16. The number of carbonyl (C=O) groups excluding carboxylic acids is 4. The fraction of sp³-hybridized carbons (Fsp3) is 0.689. The molecule has 0 saturated carbocycles. The lowest BCUT2D eigenvalue weighted by Gasteiger charge is -2.53. The van der Waals surface area contributed by atoms with Gasteiger partial charge >= 0.3 is 23.9 Å². The van der Waals surface area contributed by atoms with Gasteiger partial charge < -0.3 is 58.7 Å². The van der Waals surface area contributed by atoms with Gasteiger partial charge in [-0.3, -0.25) is 4.79 Å². The van der Waals surface area contributed by atoms with Gasteiger partial charge in [0.15, 0.2) is 11.9 Å². The third-order valence-electron chi connectivity index (χ3n) is 12.1. The molecule has 0 aromatic carbocycles. The average molecular weight is 863 g/mol. The molecule has 16 nitrogen and oxygen atoms in total. The number of aliphatic hydroxyl groups is 5. The Labute approximate surface area is 358 Å². The van der Waals surface area contributed by atoms with Crippen LogP contribution in [0.4, 0.5) is 0 Å². The van der Waals surface area contributed by atoms with Crippen molar-refractivity contribution < 1.29 is 77.9 Å². The van der Waals surface area contributed by atoms with Crippen LogP contribution in [0.3, 0.4) is 0 Å². The molecular formula is C45H66O16.